The molecule has 4 heteroatoms. The number of carbonyl (C=O) groups excluding carboxylic acids is 1. The molecule has 0 aliphatic heterocycles. The van der Waals surface area contributed by atoms with Gasteiger partial charge in [0.05, 0.1) is 12.6 Å². The van der Waals surface area contributed by atoms with Crippen molar-refractivity contribution in [2.75, 3.05) is 6.54 Å². The Kier molecular flexibility index (Phi) is 5.23. The second-order valence-corrected chi connectivity index (χ2v) is 8.66. The van der Waals surface area contributed by atoms with Crippen LogP contribution in [0.15, 0.2) is 6.07 Å². The van der Waals surface area contributed by atoms with Crippen LogP contribution in [0.2, 0.25) is 0 Å². The third-order valence-corrected chi connectivity index (χ3v) is 6.54. The number of aryl methyl sites for hydroxylation is 2. The number of nitrogens with one attached hydrogen (secondary N) is 1. The molecule has 4 nitrogen and oxygen atoms in total. The van der Waals surface area contributed by atoms with E-state index in [0.29, 0.717) is 6.54 Å². The summed E-state index contributed by atoms with van der Waals surface area (Å²) in [6.45, 7) is 4.36. The molecule has 144 valence electrons. The number of hydrogen-bond acceptors (Lipinski definition) is 3. The SMILES string of the molecule is CC(Cc1c2c(cc3c1CCC3)CCC2)NCC(=O)N(C(C)C#N)C1CC1. The Labute approximate surface area is 162 Å². The molecule has 2 unspecified atom stereocenters. The summed E-state index contributed by atoms with van der Waals surface area (Å²) in [5, 5.41) is 12.7. The fourth-order valence-electron chi connectivity index (χ4n) is 5.06. The van der Waals surface area contributed by atoms with Crippen LogP contribution in [0.4, 0.5) is 0 Å². The molecule has 3 aliphatic rings. The zero-order valence-electron chi connectivity index (χ0n) is 16.7. The van der Waals surface area contributed by atoms with Crippen molar-refractivity contribution < 1.29 is 4.79 Å². The molecular formula is C23H31N3O. The minimum absolute atomic E-state index is 0.0712. The zero-order chi connectivity index (χ0) is 19.0. The van der Waals surface area contributed by atoms with Crippen molar-refractivity contribution in [3.63, 3.8) is 0 Å². The Morgan fingerprint density at radius 3 is 2.37 bits per heavy atom. The standard InChI is InChI=1S/C23H31N3O/c1-15(25-14-23(27)26(16(2)13-24)19-9-10-19)11-22-20-7-3-5-17(20)12-18-6-4-8-21(18)22/h12,15-16,19,25H,3-11,14H2,1-2H3. The maximum atomic E-state index is 12.7. The monoisotopic (exact) mass is 365 g/mol. The summed E-state index contributed by atoms with van der Waals surface area (Å²) in [5.74, 6) is 0.0712. The molecule has 1 saturated carbocycles. The van der Waals surface area contributed by atoms with Crippen LogP contribution in [0.1, 0.15) is 67.3 Å². The van der Waals surface area contributed by atoms with Crippen molar-refractivity contribution in [3.8, 4) is 6.07 Å². The van der Waals surface area contributed by atoms with Gasteiger partial charge in [0.2, 0.25) is 5.91 Å². The molecule has 0 aromatic heterocycles. The predicted molar refractivity (Wildman–Crippen MR) is 107 cm³/mol. The van der Waals surface area contributed by atoms with Crippen LogP contribution in [0.25, 0.3) is 0 Å². The molecule has 1 aromatic carbocycles. The molecule has 0 saturated heterocycles. The van der Waals surface area contributed by atoms with E-state index in [4.69, 9.17) is 0 Å². The van der Waals surface area contributed by atoms with Crippen LogP contribution in [-0.4, -0.2) is 35.5 Å². The first-order chi connectivity index (χ1) is 13.1. The maximum Gasteiger partial charge on any atom is 0.237 e. The number of nitriles is 1. The lowest BCUT2D eigenvalue weighted by Gasteiger charge is -2.26. The molecule has 0 spiro atoms. The van der Waals surface area contributed by atoms with Crippen LogP contribution in [0.3, 0.4) is 0 Å². The first-order valence-corrected chi connectivity index (χ1v) is 10.7. The highest BCUT2D eigenvalue weighted by Gasteiger charge is 2.35. The van der Waals surface area contributed by atoms with E-state index >= 15 is 0 Å². The van der Waals surface area contributed by atoms with Crippen molar-refractivity contribution in [1.29, 1.82) is 5.26 Å². The van der Waals surface area contributed by atoms with E-state index in [2.05, 4.69) is 24.4 Å². The lowest BCUT2D eigenvalue weighted by molar-refractivity contribution is -0.132. The number of carbonyl (C=O) groups is 1. The molecule has 0 radical (unpaired) electrons. The Hall–Kier alpha value is -1.86. The fourth-order valence-corrected chi connectivity index (χ4v) is 5.06. The lowest BCUT2D eigenvalue weighted by Crippen LogP contribution is -2.46. The summed E-state index contributed by atoms with van der Waals surface area (Å²) >= 11 is 0. The van der Waals surface area contributed by atoms with Crippen LogP contribution < -0.4 is 5.32 Å². The van der Waals surface area contributed by atoms with Crippen LogP contribution in [0.5, 0.6) is 0 Å². The number of hydrogen-bond donors (Lipinski definition) is 1. The predicted octanol–water partition coefficient (Wildman–Crippen LogP) is 3.09. The highest BCUT2D eigenvalue weighted by Crippen LogP contribution is 2.35. The average molecular weight is 366 g/mol. The van der Waals surface area contributed by atoms with E-state index in [-0.39, 0.29) is 24.0 Å². The van der Waals surface area contributed by atoms with Crippen molar-refractivity contribution >= 4 is 5.91 Å². The molecular weight excluding hydrogens is 334 g/mol. The quantitative estimate of drug-likeness (QED) is 0.808. The second kappa shape index (κ2) is 7.64. The smallest absolute Gasteiger partial charge is 0.237 e. The minimum atomic E-state index is -0.331. The first-order valence-electron chi connectivity index (χ1n) is 10.7. The molecule has 3 aliphatic carbocycles. The molecule has 0 heterocycles. The molecule has 1 N–H and O–H groups in total. The number of rotatable bonds is 7. The third kappa shape index (κ3) is 3.75. The van der Waals surface area contributed by atoms with Gasteiger partial charge in [0.1, 0.15) is 6.04 Å². The van der Waals surface area contributed by atoms with E-state index < -0.39 is 0 Å². The summed E-state index contributed by atoms with van der Waals surface area (Å²) in [5.41, 5.74) is 7.95. The summed E-state index contributed by atoms with van der Waals surface area (Å²) in [4.78, 5) is 14.5. The van der Waals surface area contributed by atoms with Gasteiger partial charge in [-0.2, -0.15) is 5.26 Å². The Morgan fingerprint density at radius 1 is 1.19 bits per heavy atom. The van der Waals surface area contributed by atoms with Gasteiger partial charge in [0.25, 0.3) is 0 Å². The molecule has 0 bridgehead atoms. The molecule has 1 fully saturated rings. The van der Waals surface area contributed by atoms with Gasteiger partial charge in [0.15, 0.2) is 0 Å². The van der Waals surface area contributed by atoms with E-state index in [1.165, 1.54) is 38.5 Å². The van der Waals surface area contributed by atoms with Gasteiger partial charge in [-0.25, -0.2) is 0 Å². The largest absolute Gasteiger partial charge is 0.323 e. The van der Waals surface area contributed by atoms with Crippen molar-refractivity contribution in [2.24, 2.45) is 0 Å². The Balaban J connectivity index is 1.41. The van der Waals surface area contributed by atoms with Gasteiger partial charge in [-0.1, -0.05) is 6.07 Å². The highest BCUT2D eigenvalue weighted by molar-refractivity contribution is 5.79. The summed E-state index contributed by atoms with van der Waals surface area (Å²) in [6, 6.07) is 4.93. The average Bonchev–Trinajstić information content (AvgIpc) is 3.18. The van der Waals surface area contributed by atoms with E-state index in [1.807, 2.05) is 6.92 Å². The highest BCUT2D eigenvalue weighted by atomic mass is 16.2. The van der Waals surface area contributed by atoms with E-state index in [9.17, 15) is 10.1 Å². The lowest BCUT2D eigenvalue weighted by atomic mass is 9.90. The van der Waals surface area contributed by atoms with Gasteiger partial charge in [-0.15, -0.1) is 0 Å². The molecule has 2 atom stereocenters. The van der Waals surface area contributed by atoms with Crippen molar-refractivity contribution in [3.05, 3.63) is 33.9 Å². The number of benzene rings is 1. The number of nitrogens with zero attached hydrogens (tertiary/aromatic N) is 2. The van der Waals surface area contributed by atoms with E-state index in [0.717, 1.165) is 19.3 Å². The summed E-state index contributed by atoms with van der Waals surface area (Å²) < 4.78 is 0. The van der Waals surface area contributed by atoms with Gasteiger partial charge >= 0.3 is 0 Å². The number of amides is 1. The van der Waals surface area contributed by atoms with Crippen molar-refractivity contribution in [1.82, 2.24) is 10.2 Å². The van der Waals surface area contributed by atoms with Gasteiger partial charge < -0.3 is 10.2 Å². The van der Waals surface area contributed by atoms with Crippen LogP contribution in [-0.2, 0) is 36.9 Å². The van der Waals surface area contributed by atoms with Crippen LogP contribution in [0, 0.1) is 11.3 Å². The topological polar surface area (TPSA) is 56.1 Å². The second-order valence-electron chi connectivity index (χ2n) is 8.66. The van der Waals surface area contributed by atoms with Crippen LogP contribution >= 0.6 is 0 Å². The molecule has 4 rings (SSSR count). The summed E-state index contributed by atoms with van der Waals surface area (Å²) in [6.07, 6.45) is 10.6. The Morgan fingerprint density at radius 2 is 1.81 bits per heavy atom. The first kappa shape index (κ1) is 18.5. The van der Waals surface area contributed by atoms with Gasteiger partial charge in [-0.05, 0) is 99.5 Å². The normalized spacial score (nSPS) is 19.9. The number of fused-ring (bicyclic) bond motifs is 2. The third-order valence-electron chi connectivity index (χ3n) is 6.54. The van der Waals surface area contributed by atoms with Crippen molar-refractivity contribution in [2.45, 2.75) is 89.8 Å². The van der Waals surface area contributed by atoms with E-state index in [1.54, 1.807) is 32.7 Å². The zero-order valence-corrected chi connectivity index (χ0v) is 16.7. The fraction of sp³-hybridized carbons (Fsp3) is 0.652. The molecule has 1 aromatic rings. The van der Waals surface area contributed by atoms with Gasteiger partial charge in [0, 0.05) is 12.1 Å². The Bertz CT molecular complexity index is 743. The van der Waals surface area contributed by atoms with Gasteiger partial charge in [-0.3, -0.25) is 4.79 Å². The minimum Gasteiger partial charge on any atom is -0.323 e. The molecule has 27 heavy (non-hydrogen) atoms. The summed E-state index contributed by atoms with van der Waals surface area (Å²) in [7, 11) is 0. The molecule has 1 amide bonds. The maximum absolute atomic E-state index is 12.7.